The van der Waals surface area contributed by atoms with E-state index in [1.807, 2.05) is 37.3 Å². The molecule has 1 amide bonds. The van der Waals surface area contributed by atoms with Gasteiger partial charge < -0.3 is 15.0 Å². The summed E-state index contributed by atoms with van der Waals surface area (Å²) in [6.07, 6.45) is -4.60. The lowest BCUT2D eigenvalue weighted by molar-refractivity contribution is -0.137. The van der Waals surface area contributed by atoms with Crippen molar-refractivity contribution in [2.75, 3.05) is 18.2 Å². The SMILES string of the molecule is COc1ccc(C)cc1-n1c(SCC(=O)Nc2cc(C(F)(F)F)ccc2Cl)nc2c([nH]c3ccccc32)c1=O. The minimum absolute atomic E-state index is 0.0407. The molecule has 0 aliphatic heterocycles. The molecule has 0 bridgehead atoms. The summed E-state index contributed by atoms with van der Waals surface area (Å²) in [6, 6.07) is 15.3. The molecule has 2 heterocycles. The second kappa shape index (κ2) is 10.3. The largest absolute Gasteiger partial charge is 0.495 e. The molecule has 7 nitrogen and oxygen atoms in total. The van der Waals surface area contributed by atoms with Crippen LogP contribution in [-0.2, 0) is 11.0 Å². The lowest BCUT2D eigenvalue weighted by Gasteiger charge is -2.16. The summed E-state index contributed by atoms with van der Waals surface area (Å²) in [7, 11) is 1.48. The fourth-order valence-electron chi connectivity index (χ4n) is 4.14. The summed E-state index contributed by atoms with van der Waals surface area (Å²) in [5.74, 6) is -0.472. The quantitative estimate of drug-likeness (QED) is 0.177. The molecule has 12 heteroatoms. The first kappa shape index (κ1) is 26.6. The van der Waals surface area contributed by atoms with E-state index in [4.69, 9.17) is 21.3 Å². The van der Waals surface area contributed by atoms with Crippen LogP contribution in [0.3, 0.4) is 0 Å². The maximum Gasteiger partial charge on any atom is 0.416 e. The Bertz CT molecular complexity index is 1800. The van der Waals surface area contributed by atoms with Crippen LogP contribution in [0.5, 0.6) is 5.75 Å². The molecule has 0 radical (unpaired) electrons. The van der Waals surface area contributed by atoms with Crippen LogP contribution in [-0.4, -0.2) is 33.3 Å². The van der Waals surface area contributed by atoms with E-state index in [0.29, 0.717) is 17.0 Å². The average molecular weight is 573 g/mol. The first-order valence-electron chi connectivity index (χ1n) is 11.5. The predicted octanol–water partition coefficient (Wildman–Crippen LogP) is 6.59. The van der Waals surface area contributed by atoms with Crippen LogP contribution in [0.2, 0.25) is 5.02 Å². The van der Waals surface area contributed by atoms with Crippen molar-refractivity contribution in [3.05, 3.63) is 87.2 Å². The van der Waals surface area contributed by atoms with Gasteiger partial charge in [0.1, 0.15) is 16.8 Å². The van der Waals surface area contributed by atoms with Gasteiger partial charge in [-0.05, 0) is 48.9 Å². The molecule has 200 valence electrons. The van der Waals surface area contributed by atoms with Gasteiger partial charge in [0.2, 0.25) is 5.91 Å². The van der Waals surface area contributed by atoms with Crippen molar-refractivity contribution >= 4 is 56.9 Å². The number of hydrogen-bond donors (Lipinski definition) is 2. The van der Waals surface area contributed by atoms with Gasteiger partial charge in [0.05, 0.1) is 34.8 Å². The maximum absolute atomic E-state index is 13.8. The van der Waals surface area contributed by atoms with Crippen LogP contribution >= 0.6 is 23.4 Å². The van der Waals surface area contributed by atoms with Crippen LogP contribution in [0.25, 0.3) is 27.6 Å². The molecular weight excluding hydrogens is 553 g/mol. The van der Waals surface area contributed by atoms with Gasteiger partial charge in [0, 0.05) is 10.9 Å². The van der Waals surface area contributed by atoms with E-state index in [1.165, 1.54) is 11.7 Å². The Balaban J connectivity index is 1.56. The number of halogens is 4. The van der Waals surface area contributed by atoms with Gasteiger partial charge in [0.25, 0.3) is 5.56 Å². The highest BCUT2D eigenvalue weighted by molar-refractivity contribution is 7.99. The molecule has 0 unspecified atom stereocenters. The number of carbonyl (C=O) groups is 1. The number of methoxy groups -OCH3 is 1. The van der Waals surface area contributed by atoms with Crippen LogP contribution in [0.15, 0.2) is 70.6 Å². The third kappa shape index (κ3) is 5.19. The zero-order valence-electron chi connectivity index (χ0n) is 20.5. The standard InChI is InChI=1S/C27H20ClF3N4O3S/c1-14-7-10-21(38-2)20(11-14)35-25(37)24-23(16-5-3-4-6-18(16)33-24)34-26(35)39-13-22(36)32-19-12-15(27(29,30)31)8-9-17(19)28/h3-12,33H,13H2,1-2H3,(H,32,36). The average Bonchev–Trinajstić information content (AvgIpc) is 3.27. The minimum Gasteiger partial charge on any atom is -0.495 e. The molecule has 3 aromatic carbocycles. The van der Waals surface area contributed by atoms with Gasteiger partial charge in [-0.1, -0.05) is 47.6 Å². The Hall–Kier alpha value is -3.96. The Morgan fingerprint density at radius 3 is 2.67 bits per heavy atom. The van der Waals surface area contributed by atoms with Crippen molar-refractivity contribution in [2.24, 2.45) is 0 Å². The fourth-order valence-corrected chi connectivity index (χ4v) is 5.10. The van der Waals surface area contributed by atoms with E-state index in [1.54, 1.807) is 12.1 Å². The molecule has 0 spiro atoms. The van der Waals surface area contributed by atoms with E-state index in [2.05, 4.69) is 10.3 Å². The summed E-state index contributed by atoms with van der Waals surface area (Å²) in [5.41, 5.74) is 1.22. The number of aromatic amines is 1. The number of aryl methyl sites for hydroxylation is 1. The van der Waals surface area contributed by atoms with Crippen molar-refractivity contribution in [3.8, 4) is 11.4 Å². The van der Waals surface area contributed by atoms with Gasteiger partial charge in [-0.15, -0.1) is 0 Å². The van der Waals surface area contributed by atoms with E-state index in [-0.39, 0.29) is 27.1 Å². The predicted molar refractivity (Wildman–Crippen MR) is 146 cm³/mol. The number of hydrogen-bond acceptors (Lipinski definition) is 5. The van der Waals surface area contributed by atoms with Gasteiger partial charge in [-0.3, -0.25) is 9.59 Å². The van der Waals surface area contributed by atoms with Crippen LogP contribution in [0, 0.1) is 6.92 Å². The third-order valence-electron chi connectivity index (χ3n) is 5.97. The third-order valence-corrected chi connectivity index (χ3v) is 7.24. The van der Waals surface area contributed by atoms with E-state index in [0.717, 1.165) is 46.4 Å². The molecule has 0 aliphatic rings. The first-order valence-corrected chi connectivity index (χ1v) is 12.9. The number of nitrogens with one attached hydrogen (secondary N) is 2. The zero-order chi connectivity index (χ0) is 27.9. The van der Waals surface area contributed by atoms with Crippen LogP contribution in [0.1, 0.15) is 11.1 Å². The number of aromatic nitrogens is 3. The van der Waals surface area contributed by atoms with Crippen molar-refractivity contribution in [1.82, 2.24) is 14.5 Å². The normalized spacial score (nSPS) is 11.7. The zero-order valence-corrected chi connectivity index (χ0v) is 22.1. The molecule has 5 rings (SSSR count). The molecule has 0 fully saturated rings. The van der Waals surface area contributed by atoms with Crippen molar-refractivity contribution in [2.45, 2.75) is 18.3 Å². The van der Waals surface area contributed by atoms with Gasteiger partial charge in [-0.2, -0.15) is 13.2 Å². The maximum atomic E-state index is 13.8. The Morgan fingerprint density at radius 2 is 1.92 bits per heavy atom. The first-order chi connectivity index (χ1) is 18.6. The van der Waals surface area contributed by atoms with Gasteiger partial charge >= 0.3 is 6.18 Å². The lowest BCUT2D eigenvalue weighted by atomic mass is 10.2. The van der Waals surface area contributed by atoms with Crippen LogP contribution in [0.4, 0.5) is 18.9 Å². The number of thioether (sulfide) groups is 1. The minimum atomic E-state index is -4.60. The number of fused-ring (bicyclic) bond motifs is 3. The molecule has 0 atom stereocenters. The second-order valence-electron chi connectivity index (χ2n) is 8.63. The summed E-state index contributed by atoms with van der Waals surface area (Å²) in [5, 5.41) is 3.31. The number of para-hydroxylation sites is 1. The van der Waals surface area contributed by atoms with Crippen LogP contribution < -0.4 is 15.6 Å². The van der Waals surface area contributed by atoms with Gasteiger partial charge in [0.15, 0.2) is 5.16 Å². The van der Waals surface area contributed by atoms with E-state index < -0.39 is 23.2 Å². The number of benzene rings is 3. The number of rotatable bonds is 6. The van der Waals surface area contributed by atoms with Crippen molar-refractivity contribution < 1.29 is 22.7 Å². The highest BCUT2D eigenvalue weighted by Crippen LogP contribution is 2.34. The number of alkyl halides is 3. The molecule has 0 aliphatic carbocycles. The Morgan fingerprint density at radius 1 is 1.15 bits per heavy atom. The summed E-state index contributed by atoms with van der Waals surface area (Å²) < 4.78 is 46.3. The highest BCUT2D eigenvalue weighted by atomic mass is 35.5. The Kier molecular flexibility index (Phi) is 7.04. The molecule has 0 saturated heterocycles. The molecule has 2 aromatic heterocycles. The molecule has 2 N–H and O–H groups in total. The summed E-state index contributed by atoms with van der Waals surface area (Å²) in [4.78, 5) is 34.5. The van der Waals surface area contributed by atoms with E-state index >= 15 is 0 Å². The summed E-state index contributed by atoms with van der Waals surface area (Å²) in [6.45, 7) is 1.86. The number of nitrogens with zero attached hydrogens (tertiary/aromatic N) is 2. The second-order valence-corrected chi connectivity index (χ2v) is 9.98. The molecule has 39 heavy (non-hydrogen) atoms. The number of ether oxygens (including phenoxy) is 1. The van der Waals surface area contributed by atoms with Crippen molar-refractivity contribution in [1.29, 1.82) is 0 Å². The molecule has 5 aromatic rings. The highest BCUT2D eigenvalue weighted by Gasteiger charge is 2.31. The monoisotopic (exact) mass is 572 g/mol. The molecule has 0 saturated carbocycles. The summed E-state index contributed by atoms with van der Waals surface area (Å²) >= 11 is 6.98. The molecular formula is C27H20ClF3N4O3S. The number of H-pyrrole nitrogens is 1. The van der Waals surface area contributed by atoms with Crippen molar-refractivity contribution in [3.63, 3.8) is 0 Å². The fraction of sp³-hybridized carbons (Fsp3) is 0.148. The topological polar surface area (TPSA) is 89.0 Å². The van der Waals surface area contributed by atoms with Gasteiger partial charge in [-0.25, -0.2) is 9.55 Å². The smallest absolute Gasteiger partial charge is 0.416 e. The van der Waals surface area contributed by atoms with E-state index in [9.17, 15) is 22.8 Å². The number of carbonyl (C=O) groups excluding carboxylic acids is 1. The Labute approximate surface area is 229 Å². The lowest BCUT2D eigenvalue weighted by Crippen LogP contribution is -2.23. The number of amides is 1. The number of anilines is 1.